The molecule has 1 aliphatic heterocycles. The van der Waals surface area contributed by atoms with Crippen LogP contribution in [-0.4, -0.2) is 49.6 Å². The number of aryl methyl sites for hydroxylation is 1. The number of ketones is 1. The molecule has 1 saturated carbocycles. The van der Waals surface area contributed by atoms with Crippen molar-refractivity contribution in [2.45, 2.75) is 38.1 Å². The fraction of sp³-hybridized carbons (Fsp3) is 0.370. The van der Waals surface area contributed by atoms with Gasteiger partial charge < -0.3 is 14.8 Å². The number of rotatable bonds is 6. The number of carbonyl (C=O) groups is 3. The Hall–Kier alpha value is -3.52. The normalized spacial score (nSPS) is 22.1. The van der Waals surface area contributed by atoms with Crippen molar-refractivity contribution in [2.75, 3.05) is 11.9 Å². The van der Waals surface area contributed by atoms with E-state index in [-0.39, 0.29) is 29.4 Å². The predicted molar refractivity (Wildman–Crippen MR) is 136 cm³/mol. The van der Waals surface area contributed by atoms with Crippen LogP contribution in [0.1, 0.15) is 52.4 Å². The lowest BCUT2D eigenvalue weighted by atomic mass is 9.79. The quantitative estimate of drug-likeness (QED) is 0.507. The topological polar surface area (TPSA) is 97.2 Å². The molecule has 1 N–H and O–H groups in total. The summed E-state index contributed by atoms with van der Waals surface area (Å²) >= 11 is 6.15. The van der Waals surface area contributed by atoms with Crippen LogP contribution in [0.4, 0.5) is 5.69 Å². The van der Waals surface area contributed by atoms with Crippen LogP contribution >= 0.6 is 11.6 Å². The molecule has 1 atom stereocenters. The molecule has 0 bridgehead atoms. The molecule has 0 unspecified atom stereocenters. The van der Waals surface area contributed by atoms with Crippen molar-refractivity contribution in [3.8, 4) is 0 Å². The summed E-state index contributed by atoms with van der Waals surface area (Å²) in [6.45, 7) is 0.440. The molecule has 3 heterocycles. The number of benzene rings is 1. The molecule has 0 saturated heterocycles. The highest BCUT2D eigenvalue weighted by Gasteiger charge is 2.38. The van der Waals surface area contributed by atoms with Gasteiger partial charge in [-0.2, -0.15) is 0 Å². The van der Waals surface area contributed by atoms with Crippen molar-refractivity contribution >= 4 is 34.9 Å². The third-order valence-corrected chi connectivity index (χ3v) is 7.49. The molecule has 1 aromatic carbocycles. The maximum Gasteiger partial charge on any atom is 0.256 e. The number of carbonyl (C=O) groups excluding carboxylic acids is 3. The summed E-state index contributed by atoms with van der Waals surface area (Å²) < 4.78 is 1.76. The molecule has 5 rings (SSSR count). The molecule has 2 aliphatic rings. The SMILES string of the molecule is Cn1ccnc1C(=O)[C@H]1CC[C@H](CN2C(=O)c3ccc(Cl)cc3NC(=O)[C@H]2Cc2ccccn2)CC1. The third kappa shape index (κ3) is 4.91. The molecule has 0 spiro atoms. The van der Waals surface area contributed by atoms with E-state index in [4.69, 9.17) is 11.6 Å². The van der Waals surface area contributed by atoms with Crippen molar-refractivity contribution < 1.29 is 14.4 Å². The third-order valence-electron chi connectivity index (χ3n) is 7.25. The average molecular weight is 506 g/mol. The molecule has 1 aliphatic carbocycles. The number of amides is 2. The summed E-state index contributed by atoms with van der Waals surface area (Å²) in [5, 5.41) is 3.36. The summed E-state index contributed by atoms with van der Waals surface area (Å²) in [7, 11) is 1.83. The Bertz CT molecular complexity index is 1280. The van der Waals surface area contributed by atoms with Gasteiger partial charge in [0.25, 0.3) is 5.91 Å². The number of hydrogen-bond donors (Lipinski definition) is 1. The molecular weight excluding hydrogens is 478 g/mol. The Morgan fingerprint density at radius 2 is 1.89 bits per heavy atom. The van der Waals surface area contributed by atoms with E-state index in [0.717, 1.165) is 31.4 Å². The van der Waals surface area contributed by atoms with Crippen LogP contribution in [0, 0.1) is 11.8 Å². The number of imidazole rings is 1. The summed E-state index contributed by atoms with van der Waals surface area (Å²) in [5.74, 6) is 0.222. The lowest BCUT2D eigenvalue weighted by Gasteiger charge is -2.35. The number of anilines is 1. The highest BCUT2D eigenvalue weighted by molar-refractivity contribution is 6.31. The Kier molecular flexibility index (Phi) is 6.87. The number of fused-ring (bicyclic) bond motifs is 1. The van der Waals surface area contributed by atoms with Gasteiger partial charge in [-0.25, -0.2) is 4.98 Å². The van der Waals surface area contributed by atoms with Gasteiger partial charge in [-0.05, 0) is 61.9 Å². The molecule has 36 heavy (non-hydrogen) atoms. The number of hydrogen-bond acceptors (Lipinski definition) is 5. The van der Waals surface area contributed by atoms with E-state index in [1.54, 1.807) is 46.3 Å². The molecular formula is C27H28ClN5O3. The second-order valence-corrected chi connectivity index (χ2v) is 10.1. The van der Waals surface area contributed by atoms with Gasteiger partial charge in [-0.1, -0.05) is 17.7 Å². The van der Waals surface area contributed by atoms with Gasteiger partial charge in [-0.3, -0.25) is 19.4 Å². The predicted octanol–water partition coefficient (Wildman–Crippen LogP) is 4.16. The van der Waals surface area contributed by atoms with Crippen LogP contribution in [0.3, 0.4) is 0 Å². The minimum absolute atomic E-state index is 0.0716. The fourth-order valence-electron chi connectivity index (χ4n) is 5.26. The molecule has 1 fully saturated rings. The van der Waals surface area contributed by atoms with Crippen LogP contribution in [0.2, 0.25) is 5.02 Å². The van der Waals surface area contributed by atoms with Crippen LogP contribution in [0.5, 0.6) is 0 Å². The largest absolute Gasteiger partial charge is 0.332 e. The van der Waals surface area contributed by atoms with Gasteiger partial charge in [0.2, 0.25) is 11.7 Å². The van der Waals surface area contributed by atoms with Gasteiger partial charge in [0.15, 0.2) is 5.82 Å². The summed E-state index contributed by atoms with van der Waals surface area (Å²) in [6.07, 6.45) is 8.50. The highest BCUT2D eigenvalue weighted by atomic mass is 35.5. The molecule has 186 valence electrons. The minimum atomic E-state index is -0.703. The maximum atomic E-state index is 13.7. The number of halogens is 1. The molecule has 2 amide bonds. The van der Waals surface area contributed by atoms with Gasteiger partial charge >= 0.3 is 0 Å². The van der Waals surface area contributed by atoms with Crippen LogP contribution in [0.15, 0.2) is 55.0 Å². The second-order valence-electron chi connectivity index (χ2n) is 9.62. The first kappa shape index (κ1) is 24.2. The van der Waals surface area contributed by atoms with Gasteiger partial charge in [-0.15, -0.1) is 0 Å². The summed E-state index contributed by atoms with van der Waals surface area (Å²) in [5.41, 5.74) is 1.59. The first-order valence-electron chi connectivity index (χ1n) is 12.2. The van der Waals surface area contributed by atoms with E-state index in [1.807, 2.05) is 25.2 Å². The molecule has 9 heteroatoms. The summed E-state index contributed by atoms with van der Waals surface area (Å²) in [4.78, 5) is 50.3. The highest BCUT2D eigenvalue weighted by Crippen LogP contribution is 2.34. The van der Waals surface area contributed by atoms with E-state index >= 15 is 0 Å². The van der Waals surface area contributed by atoms with Gasteiger partial charge in [0.05, 0.1) is 11.3 Å². The number of nitrogens with zero attached hydrogens (tertiary/aromatic N) is 4. The van der Waals surface area contributed by atoms with E-state index < -0.39 is 6.04 Å². The average Bonchev–Trinajstić information content (AvgIpc) is 3.28. The zero-order valence-electron chi connectivity index (χ0n) is 20.1. The van der Waals surface area contributed by atoms with Crippen molar-refractivity contribution in [1.82, 2.24) is 19.4 Å². The monoisotopic (exact) mass is 505 g/mol. The Labute approximate surface area is 214 Å². The van der Waals surface area contributed by atoms with Crippen molar-refractivity contribution in [3.05, 3.63) is 77.1 Å². The lowest BCUT2D eigenvalue weighted by molar-refractivity contribution is -0.120. The first-order chi connectivity index (χ1) is 17.4. The van der Waals surface area contributed by atoms with E-state index in [1.165, 1.54) is 0 Å². The Morgan fingerprint density at radius 3 is 2.58 bits per heavy atom. The second kappa shape index (κ2) is 10.2. The first-order valence-corrected chi connectivity index (χ1v) is 12.6. The minimum Gasteiger partial charge on any atom is -0.332 e. The Balaban J connectivity index is 1.36. The van der Waals surface area contributed by atoms with Crippen LogP contribution in [-0.2, 0) is 18.3 Å². The van der Waals surface area contributed by atoms with Crippen molar-refractivity contribution in [3.63, 3.8) is 0 Å². The number of aromatic nitrogens is 3. The molecule has 3 aromatic rings. The maximum absolute atomic E-state index is 13.7. The van der Waals surface area contributed by atoms with Crippen molar-refractivity contribution in [2.24, 2.45) is 18.9 Å². The Morgan fingerprint density at radius 1 is 1.08 bits per heavy atom. The number of nitrogens with one attached hydrogen (secondary N) is 1. The zero-order chi connectivity index (χ0) is 25.2. The molecule has 8 nitrogen and oxygen atoms in total. The standard InChI is InChI=1S/C27H28ClN5O3/c1-32-13-12-30-25(32)24(34)18-7-5-17(6-8-18)16-33-23(15-20-4-2-3-11-29-20)26(35)31-22-14-19(28)9-10-21(22)27(33)36/h2-4,9-14,17-18,23H,5-8,15-16H2,1H3,(H,31,35)/t17-,18-,23-/m1/s1. The van der Waals surface area contributed by atoms with Crippen LogP contribution in [0.25, 0.3) is 0 Å². The van der Waals surface area contributed by atoms with E-state index in [0.29, 0.717) is 35.1 Å². The summed E-state index contributed by atoms with van der Waals surface area (Å²) in [6, 6.07) is 9.79. The van der Waals surface area contributed by atoms with E-state index in [2.05, 4.69) is 15.3 Å². The van der Waals surface area contributed by atoms with E-state index in [9.17, 15) is 14.4 Å². The number of Topliss-reactive ketones (excluding diaryl/α,β-unsaturated/α-hetero) is 1. The molecule has 0 radical (unpaired) electrons. The van der Waals surface area contributed by atoms with Crippen LogP contribution < -0.4 is 5.32 Å². The number of pyridine rings is 1. The van der Waals surface area contributed by atoms with Gasteiger partial charge in [0.1, 0.15) is 6.04 Å². The smallest absolute Gasteiger partial charge is 0.256 e. The zero-order valence-corrected chi connectivity index (χ0v) is 20.8. The van der Waals surface area contributed by atoms with Gasteiger partial charge in [0, 0.05) is 55.2 Å². The van der Waals surface area contributed by atoms with Crippen molar-refractivity contribution in [1.29, 1.82) is 0 Å². The fourth-order valence-corrected chi connectivity index (χ4v) is 5.43. The molecule has 2 aromatic heterocycles. The lowest BCUT2D eigenvalue weighted by Crippen LogP contribution is -2.49.